The molecule has 0 bridgehead atoms. The van der Waals surface area contributed by atoms with Gasteiger partial charge in [0.15, 0.2) is 0 Å². The number of nitriles is 1. The fraction of sp³-hybridized carbons (Fsp3) is 0.909. The highest BCUT2D eigenvalue weighted by Gasteiger charge is 2.18. The van der Waals surface area contributed by atoms with Gasteiger partial charge in [0.1, 0.15) is 0 Å². The Morgan fingerprint density at radius 2 is 2.00 bits per heavy atom. The fourth-order valence-corrected chi connectivity index (χ4v) is 2.25. The third kappa shape index (κ3) is 2.85. The topological polar surface area (TPSA) is 23.8 Å². The zero-order chi connectivity index (χ0) is 8.81. The zero-order valence-electron chi connectivity index (χ0n) is 8.05. The molecule has 1 aliphatic rings. The van der Waals surface area contributed by atoms with Crippen molar-refractivity contribution >= 4 is 0 Å². The Bertz CT molecular complexity index is 157. The van der Waals surface area contributed by atoms with Gasteiger partial charge in [-0.05, 0) is 18.3 Å². The van der Waals surface area contributed by atoms with E-state index in [0.29, 0.717) is 0 Å². The van der Waals surface area contributed by atoms with Crippen LogP contribution >= 0.6 is 0 Å². The maximum atomic E-state index is 8.50. The van der Waals surface area contributed by atoms with Gasteiger partial charge in [-0.3, -0.25) is 0 Å². The molecule has 0 radical (unpaired) electrons. The van der Waals surface area contributed by atoms with E-state index in [2.05, 4.69) is 13.0 Å². The van der Waals surface area contributed by atoms with Crippen LogP contribution in [0.25, 0.3) is 0 Å². The number of hydrogen-bond acceptors (Lipinski definition) is 1. The molecule has 12 heavy (non-hydrogen) atoms. The molecule has 0 N–H and O–H groups in total. The second kappa shape index (κ2) is 5.19. The fourth-order valence-electron chi connectivity index (χ4n) is 2.25. The minimum Gasteiger partial charge on any atom is -0.198 e. The normalized spacial score (nSPS) is 30.7. The average Bonchev–Trinajstić information content (AvgIpc) is 2.27. The van der Waals surface area contributed by atoms with Gasteiger partial charge < -0.3 is 0 Å². The minimum absolute atomic E-state index is 0.759. The van der Waals surface area contributed by atoms with Crippen LogP contribution in [0.2, 0.25) is 0 Å². The third-order valence-electron chi connectivity index (χ3n) is 3.17. The molecule has 2 unspecified atom stereocenters. The third-order valence-corrected chi connectivity index (χ3v) is 3.17. The monoisotopic (exact) mass is 165 g/mol. The molecule has 2 atom stereocenters. The van der Waals surface area contributed by atoms with Crippen LogP contribution in [0.1, 0.15) is 51.9 Å². The van der Waals surface area contributed by atoms with Crippen LogP contribution in [0.4, 0.5) is 0 Å². The summed E-state index contributed by atoms with van der Waals surface area (Å²) < 4.78 is 0. The van der Waals surface area contributed by atoms with E-state index in [9.17, 15) is 0 Å². The van der Waals surface area contributed by atoms with Gasteiger partial charge in [-0.2, -0.15) is 5.26 Å². The van der Waals surface area contributed by atoms with Crippen LogP contribution in [-0.4, -0.2) is 0 Å². The lowest BCUT2D eigenvalue weighted by Crippen LogP contribution is -2.09. The van der Waals surface area contributed by atoms with Crippen LogP contribution in [0.3, 0.4) is 0 Å². The van der Waals surface area contributed by atoms with Gasteiger partial charge in [0, 0.05) is 6.42 Å². The van der Waals surface area contributed by atoms with Crippen LogP contribution < -0.4 is 0 Å². The largest absolute Gasteiger partial charge is 0.198 e. The van der Waals surface area contributed by atoms with Crippen LogP contribution in [0, 0.1) is 23.2 Å². The Morgan fingerprint density at radius 1 is 1.25 bits per heavy atom. The van der Waals surface area contributed by atoms with Crippen LogP contribution in [-0.2, 0) is 0 Å². The quantitative estimate of drug-likeness (QED) is 0.574. The lowest BCUT2D eigenvalue weighted by atomic mass is 9.86. The lowest BCUT2D eigenvalue weighted by molar-refractivity contribution is 0.320. The Balaban J connectivity index is 2.32. The SMILES string of the molecule is CC1CCCCCC1CCC#N. The molecule has 0 saturated heterocycles. The van der Waals surface area contributed by atoms with Crippen molar-refractivity contribution in [1.29, 1.82) is 5.26 Å². The molecule has 0 spiro atoms. The molecule has 1 saturated carbocycles. The lowest BCUT2D eigenvalue weighted by Gasteiger charge is -2.19. The van der Waals surface area contributed by atoms with Gasteiger partial charge in [-0.15, -0.1) is 0 Å². The highest BCUT2D eigenvalue weighted by atomic mass is 14.3. The van der Waals surface area contributed by atoms with E-state index in [1.165, 1.54) is 32.1 Å². The molecule has 0 aromatic rings. The summed E-state index contributed by atoms with van der Waals surface area (Å²) >= 11 is 0. The first-order valence-corrected chi connectivity index (χ1v) is 5.21. The highest BCUT2D eigenvalue weighted by Crippen LogP contribution is 2.31. The predicted octanol–water partition coefficient (Wildman–Crippen LogP) is 3.51. The Morgan fingerprint density at radius 3 is 2.75 bits per heavy atom. The van der Waals surface area contributed by atoms with E-state index in [1.807, 2.05) is 0 Å². The van der Waals surface area contributed by atoms with E-state index in [-0.39, 0.29) is 0 Å². The molecule has 0 heterocycles. The van der Waals surface area contributed by atoms with Crippen molar-refractivity contribution < 1.29 is 0 Å². The molecule has 1 fully saturated rings. The van der Waals surface area contributed by atoms with Crippen molar-refractivity contribution in [2.24, 2.45) is 11.8 Å². The zero-order valence-corrected chi connectivity index (χ0v) is 8.05. The Kier molecular flexibility index (Phi) is 4.14. The summed E-state index contributed by atoms with van der Waals surface area (Å²) in [6.07, 6.45) is 8.85. The summed E-state index contributed by atoms with van der Waals surface area (Å²) in [5.41, 5.74) is 0. The van der Waals surface area contributed by atoms with Gasteiger partial charge in [-0.1, -0.05) is 39.0 Å². The van der Waals surface area contributed by atoms with Crippen molar-refractivity contribution in [3.63, 3.8) is 0 Å². The Labute approximate surface area is 75.8 Å². The first-order valence-electron chi connectivity index (χ1n) is 5.21. The van der Waals surface area contributed by atoms with E-state index >= 15 is 0 Å². The molecule has 1 heteroatoms. The number of rotatable bonds is 2. The molecule has 68 valence electrons. The van der Waals surface area contributed by atoms with Gasteiger partial charge in [0.2, 0.25) is 0 Å². The summed E-state index contributed by atoms with van der Waals surface area (Å²) in [4.78, 5) is 0. The van der Waals surface area contributed by atoms with Crippen LogP contribution in [0.5, 0.6) is 0 Å². The molecular formula is C11H19N. The van der Waals surface area contributed by atoms with Gasteiger partial charge >= 0.3 is 0 Å². The number of hydrogen-bond donors (Lipinski definition) is 0. The van der Waals surface area contributed by atoms with Crippen LogP contribution in [0.15, 0.2) is 0 Å². The summed E-state index contributed by atoms with van der Waals surface area (Å²) in [5.74, 6) is 1.70. The molecule has 1 nitrogen and oxygen atoms in total. The average molecular weight is 165 g/mol. The molecule has 1 aliphatic carbocycles. The number of nitrogens with zero attached hydrogens (tertiary/aromatic N) is 1. The molecule has 0 aliphatic heterocycles. The van der Waals surface area contributed by atoms with Crippen molar-refractivity contribution in [2.45, 2.75) is 51.9 Å². The van der Waals surface area contributed by atoms with Crippen molar-refractivity contribution in [1.82, 2.24) is 0 Å². The van der Waals surface area contributed by atoms with Gasteiger partial charge in [-0.25, -0.2) is 0 Å². The first-order chi connectivity index (χ1) is 5.84. The molecule has 0 aromatic heterocycles. The summed E-state index contributed by atoms with van der Waals surface area (Å²) in [6.45, 7) is 2.35. The van der Waals surface area contributed by atoms with Gasteiger partial charge in [0.25, 0.3) is 0 Å². The molecule has 0 amide bonds. The smallest absolute Gasteiger partial charge is 0.0621 e. The van der Waals surface area contributed by atoms with Crippen molar-refractivity contribution in [3.05, 3.63) is 0 Å². The first kappa shape index (κ1) is 9.58. The van der Waals surface area contributed by atoms with E-state index < -0.39 is 0 Å². The predicted molar refractivity (Wildman–Crippen MR) is 50.6 cm³/mol. The molecule has 0 aromatic carbocycles. The van der Waals surface area contributed by atoms with E-state index in [1.54, 1.807) is 0 Å². The summed E-state index contributed by atoms with van der Waals surface area (Å²) in [7, 11) is 0. The second-order valence-corrected chi connectivity index (χ2v) is 4.07. The minimum atomic E-state index is 0.759. The molecular weight excluding hydrogens is 146 g/mol. The standard InChI is InChI=1S/C11H19N/c1-10-6-3-2-4-7-11(10)8-5-9-12/h10-11H,2-8H2,1H3. The van der Waals surface area contributed by atoms with Crippen molar-refractivity contribution in [3.8, 4) is 6.07 Å². The summed E-state index contributed by atoms with van der Waals surface area (Å²) in [6, 6.07) is 2.26. The van der Waals surface area contributed by atoms with E-state index in [0.717, 1.165) is 24.7 Å². The molecule has 1 rings (SSSR count). The second-order valence-electron chi connectivity index (χ2n) is 4.07. The van der Waals surface area contributed by atoms with Crippen molar-refractivity contribution in [2.75, 3.05) is 0 Å². The Hall–Kier alpha value is -0.510. The maximum Gasteiger partial charge on any atom is 0.0621 e. The summed E-state index contributed by atoms with van der Waals surface area (Å²) in [5, 5.41) is 8.50. The van der Waals surface area contributed by atoms with E-state index in [4.69, 9.17) is 5.26 Å². The highest BCUT2D eigenvalue weighted by molar-refractivity contribution is 4.76. The van der Waals surface area contributed by atoms with Gasteiger partial charge in [0.05, 0.1) is 6.07 Å². The maximum absolute atomic E-state index is 8.50.